The van der Waals surface area contributed by atoms with Crippen LogP contribution in [-0.4, -0.2) is 10.9 Å². The molecule has 4 rings (SSSR count). The van der Waals surface area contributed by atoms with Crippen LogP contribution in [0.3, 0.4) is 0 Å². The normalized spacial score (nSPS) is 11.0. The van der Waals surface area contributed by atoms with Crippen molar-refractivity contribution in [2.24, 2.45) is 0 Å². The van der Waals surface area contributed by atoms with Crippen LogP contribution in [0.25, 0.3) is 10.2 Å². The minimum Gasteiger partial charge on any atom is -0.283 e. The molecular weight excluding hydrogens is 403 g/mol. The van der Waals surface area contributed by atoms with E-state index in [-0.39, 0.29) is 18.1 Å². The Morgan fingerprint density at radius 3 is 2.56 bits per heavy atom. The van der Waals surface area contributed by atoms with Crippen molar-refractivity contribution in [3.05, 3.63) is 81.3 Å². The van der Waals surface area contributed by atoms with Crippen molar-refractivity contribution in [3.63, 3.8) is 0 Å². The van der Waals surface area contributed by atoms with Crippen molar-refractivity contribution >= 4 is 55.5 Å². The zero-order valence-corrected chi connectivity index (χ0v) is 16.5. The molecule has 0 aliphatic rings. The Bertz CT molecular complexity index is 1090. The number of carbonyl (C=O) groups excluding carboxylic acids is 1. The van der Waals surface area contributed by atoms with Crippen LogP contribution < -0.4 is 4.90 Å². The fraction of sp³-hybridized carbons (Fsp3) is 0.100. The highest BCUT2D eigenvalue weighted by Crippen LogP contribution is 2.32. The van der Waals surface area contributed by atoms with Crippen molar-refractivity contribution in [2.75, 3.05) is 4.90 Å². The molecule has 7 heteroatoms. The van der Waals surface area contributed by atoms with Gasteiger partial charge < -0.3 is 0 Å². The van der Waals surface area contributed by atoms with Crippen LogP contribution in [0.15, 0.2) is 60.7 Å². The van der Waals surface area contributed by atoms with Gasteiger partial charge in [0.1, 0.15) is 11.3 Å². The number of fused-ring (bicyclic) bond motifs is 1. The van der Waals surface area contributed by atoms with E-state index in [1.54, 1.807) is 17.0 Å². The molecule has 0 spiro atoms. The quantitative estimate of drug-likeness (QED) is 0.404. The number of halogens is 2. The molecule has 4 aromatic rings. The Labute approximate surface area is 168 Å². The Hall–Kier alpha value is -2.28. The van der Waals surface area contributed by atoms with E-state index in [1.807, 2.05) is 42.5 Å². The third-order valence-electron chi connectivity index (χ3n) is 4.03. The highest BCUT2D eigenvalue weighted by Gasteiger charge is 2.22. The Morgan fingerprint density at radius 2 is 1.85 bits per heavy atom. The molecule has 3 nitrogen and oxygen atoms in total. The summed E-state index contributed by atoms with van der Waals surface area (Å²) in [4.78, 5) is 20.0. The highest BCUT2D eigenvalue weighted by atomic mass is 35.5. The molecule has 136 valence electrons. The summed E-state index contributed by atoms with van der Waals surface area (Å²) in [5.74, 6) is -0.482. The maximum Gasteiger partial charge on any atom is 0.234 e. The molecule has 0 fully saturated rings. The zero-order valence-electron chi connectivity index (χ0n) is 14.1. The summed E-state index contributed by atoms with van der Waals surface area (Å²) in [5, 5.41) is 0.492. The van der Waals surface area contributed by atoms with E-state index in [9.17, 15) is 9.18 Å². The van der Waals surface area contributed by atoms with Crippen molar-refractivity contribution < 1.29 is 9.18 Å². The van der Waals surface area contributed by atoms with E-state index in [2.05, 4.69) is 4.98 Å². The second-order valence-corrected chi connectivity index (χ2v) is 8.74. The van der Waals surface area contributed by atoms with Crippen LogP contribution in [0, 0.1) is 5.82 Å². The van der Waals surface area contributed by atoms with Gasteiger partial charge in [0.25, 0.3) is 0 Å². The lowest BCUT2D eigenvalue weighted by Gasteiger charge is -2.19. The van der Waals surface area contributed by atoms with Crippen molar-refractivity contribution in [3.8, 4) is 0 Å². The van der Waals surface area contributed by atoms with Gasteiger partial charge in [-0.2, -0.15) is 0 Å². The summed E-state index contributed by atoms with van der Waals surface area (Å²) in [6.45, 7) is 0.375. The number of aromatic nitrogens is 1. The molecule has 0 aliphatic carbocycles. The molecule has 0 saturated heterocycles. The van der Waals surface area contributed by atoms with Crippen LogP contribution in [0.2, 0.25) is 4.34 Å². The minimum absolute atomic E-state index is 0.100. The van der Waals surface area contributed by atoms with Gasteiger partial charge in [0.2, 0.25) is 5.91 Å². The number of nitrogens with zero attached hydrogens (tertiary/aromatic N) is 2. The molecule has 0 bridgehead atoms. The SMILES string of the molecule is O=C(Cc1ccc(Cl)s1)N(Cc1ccccc1)c1nc2c(F)cccc2s1. The molecule has 2 heterocycles. The number of para-hydroxylation sites is 1. The number of anilines is 1. The number of carbonyl (C=O) groups is 1. The number of thiazole rings is 1. The molecule has 0 atom stereocenters. The Balaban J connectivity index is 1.70. The first-order chi connectivity index (χ1) is 13.1. The maximum absolute atomic E-state index is 14.1. The summed E-state index contributed by atoms with van der Waals surface area (Å²) in [6, 6.07) is 18.2. The third kappa shape index (κ3) is 4.03. The first-order valence-electron chi connectivity index (χ1n) is 8.24. The molecule has 0 N–H and O–H groups in total. The number of benzene rings is 2. The lowest BCUT2D eigenvalue weighted by atomic mass is 10.2. The molecular formula is C20H14ClFN2OS2. The molecule has 0 unspecified atom stereocenters. The standard InChI is InChI=1S/C20H14ClFN2OS2/c21-17-10-9-14(26-17)11-18(25)24(12-13-5-2-1-3-6-13)20-23-19-15(22)7-4-8-16(19)27-20/h1-10H,11-12H2. The fourth-order valence-electron chi connectivity index (χ4n) is 2.74. The predicted octanol–water partition coefficient (Wildman–Crippen LogP) is 5.93. The van der Waals surface area contributed by atoms with Crippen molar-refractivity contribution in [1.29, 1.82) is 0 Å². The molecule has 2 aromatic carbocycles. The second kappa shape index (κ2) is 7.76. The minimum atomic E-state index is -0.382. The topological polar surface area (TPSA) is 33.2 Å². The average molecular weight is 417 g/mol. The van der Waals surface area contributed by atoms with Gasteiger partial charge in [-0.3, -0.25) is 9.69 Å². The first kappa shape index (κ1) is 18.1. The van der Waals surface area contributed by atoms with Gasteiger partial charge in [-0.25, -0.2) is 9.37 Å². The average Bonchev–Trinajstić information content (AvgIpc) is 3.27. The number of hydrogen-bond donors (Lipinski definition) is 0. The molecule has 27 heavy (non-hydrogen) atoms. The van der Waals surface area contributed by atoms with E-state index < -0.39 is 0 Å². The Morgan fingerprint density at radius 1 is 1.04 bits per heavy atom. The summed E-state index contributed by atoms with van der Waals surface area (Å²) in [7, 11) is 0. The largest absolute Gasteiger partial charge is 0.283 e. The van der Waals surface area contributed by atoms with Crippen molar-refractivity contribution in [2.45, 2.75) is 13.0 Å². The monoisotopic (exact) mass is 416 g/mol. The summed E-state index contributed by atoms with van der Waals surface area (Å²) in [6.07, 6.45) is 0.225. The number of amides is 1. The molecule has 2 aromatic heterocycles. The lowest BCUT2D eigenvalue weighted by molar-refractivity contribution is -0.118. The van der Waals surface area contributed by atoms with E-state index in [1.165, 1.54) is 28.7 Å². The summed E-state index contributed by atoms with van der Waals surface area (Å²) >= 11 is 8.68. The molecule has 0 aliphatic heterocycles. The third-order valence-corrected chi connectivity index (χ3v) is 6.30. The number of hydrogen-bond acceptors (Lipinski definition) is 4. The first-order valence-corrected chi connectivity index (χ1v) is 10.2. The van der Waals surface area contributed by atoms with Gasteiger partial charge in [0, 0.05) is 4.88 Å². The van der Waals surface area contributed by atoms with Crippen molar-refractivity contribution in [1.82, 2.24) is 4.98 Å². The predicted molar refractivity (Wildman–Crippen MR) is 110 cm³/mol. The second-order valence-electron chi connectivity index (χ2n) is 5.93. The van der Waals surface area contributed by atoms with E-state index >= 15 is 0 Å². The van der Waals surface area contributed by atoms with Crippen LogP contribution in [0.1, 0.15) is 10.4 Å². The molecule has 1 amide bonds. The van der Waals surface area contributed by atoms with E-state index in [0.29, 0.717) is 21.5 Å². The van der Waals surface area contributed by atoms with E-state index in [4.69, 9.17) is 11.6 Å². The van der Waals surface area contributed by atoms with Gasteiger partial charge in [-0.15, -0.1) is 11.3 Å². The molecule has 0 radical (unpaired) electrons. The van der Waals surface area contributed by atoms with Gasteiger partial charge in [-0.05, 0) is 29.8 Å². The molecule has 0 saturated carbocycles. The van der Waals surface area contributed by atoms with Crippen LogP contribution >= 0.6 is 34.3 Å². The van der Waals surface area contributed by atoms with Gasteiger partial charge in [0.05, 0.1) is 22.0 Å². The number of thiophene rings is 1. The summed E-state index contributed by atoms with van der Waals surface area (Å²) in [5.41, 5.74) is 1.28. The maximum atomic E-state index is 14.1. The lowest BCUT2D eigenvalue weighted by Crippen LogP contribution is -2.31. The van der Waals surface area contributed by atoms with Crippen LogP contribution in [0.5, 0.6) is 0 Å². The summed E-state index contributed by atoms with van der Waals surface area (Å²) < 4.78 is 15.4. The zero-order chi connectivity index (χ0) is 18.8. The number of rotatable bonds is 5. The van der Waals surface area contributed by atoms with Gasteiger partial charge in [-0.1, -0.05) is 59.3 Å². The van der Waals surface area contributed by atoms with Gasteiger partial charge >= 0.3 is 0 Å². The van der Waals surface area contributed by atoms with E-state index in [0.717, 1.165) is 15.1 Å². The highest BCUT2D eigenvalue weighted by molar-refractivity contribution is 7.22. The van der Waals surface area contributed by atoms with Crippen LogP contribution in [-0.2, 0) is 17.8 Å². The smallest absolute Gasteiger partial charge is 0.234 e. The van der Waals surface area contributed by atoms with Crippen LogP contribution in [0.4, 0.5) is 9.52 Å². The fourth-order valence-corrected chi connectivity index (χ4v) is 4.81. The Kier molecular flexibility index (Phi) is 5.20. The van der Waals surface area contributed by atoms with Gasteiger partial charge in [0.15, 0.2) is 5.13 Å².